The Labute approximate surface area is 77.0 Å². The molecule has 0 bridgehead atoms. The zero-order chi connectivity index (χ0) is 9.90. The van der Waals surface area contributed by atoms with E-state index in [9.17, 15) is 9.50 Å². The number of aliphatic hydroxyl groups is 1. The van der Waals surface area contributed by atoms with E-state index in [1.54, 1.807) is 0 Å². The summed E-state index contributed by atoms with van der Waals surface area (Å²) < 4.78 is 18.5. The lowest BCUT2D eigenvalue weighted by molar-refractivity contribution is 0.00764. The van der Waals surface area contributed by atoms with Crippen LogP contribution in [-0.2, 0) is 4.74 Å². The quantitative estimate of drug-likeness (QED) is 0.674. The van der Waals surface area contributed by atoms with Gasteiger partial charge in [-0.1, -0.05) is 18.7 Å². The molecule has 2 nitrogen and oxygen atoms in total. The first kappa shape index (κ1) is 10.2. The van der Waals surface area contributed by atoms with Crippen molar-refractivity contribution < 1.29 is 14.2 Å². The average molecular weight is 184 g/mol. The molecule has 0 heterocycles. The van der Waals surface area contributed by atoms with Crippen molar-refractivity contribution in [1.29, 1.82) is 0 Å². The number of hydrogen-bond acceptors (Lipinski definition) is 2. The number of hydrogen-bond donors (Lipinski definition) is 1. The van der Waals surface area contributed by atoms with Gasteiger partial charge in [0.1, 0.15) is 11.4 Å². The molecule has 1 unspecified atom stereocenters. The van der Waals surface area contributed by atoms with Crippen LogP contribution < -0.4 is 0 Å². The Hall–Kier alpha value is -0.930. The van der Waals surface area contributed by atoms with E-state index in [1.807, 2.05) is 0 Å². The van der Waals surface area contributed by atoms with Gasteiger partial charge in [-0.25, -0.2) is 4.39 Å². The Bertz CT molecular complexity index is 247. The summed E-state index contributed by atoms with van der Waals surface area (Å²) in [6, 6.07) is 0. The summed E-state index contributed by atoms with van der Waals surface area (Å²) in [5.41, 5.74) is -1.15. The standard InChI is InChI=1S/C10H13FO2/c1-3-5-13-10(4-2)7-8(12)6-9(10)11/h3-4,6,8,12H,1-2,5,7H2/t8?,10-/m0/s1. The Morgan fingerprint density at radius 1 is 1.77 bits per heavy atom. The molecule has 1 N–H and O–H groups in total. The highest BCUT2D eigenvalue weighted by atomic mass is 19.1. The lowest BCUT2D eigenvalue weighted by Gasteiger charge is -2.24. The first-order chi connectivity index (χ1) is 6.14. The Balaban J connectivity index is 2.76. The van der Waals surface area contributed by atoms with Crippen molar-refractivity contribution in [3.05, 3.63) is 37.2 Å². The van der Waals surface area contributed by atoms with E-state index in [-0.39, 0.29) is 13.0 Å². The van der Waals surface area contributed by atoms with Crippen molar-refractivity contribution in [2.24, 2.45) is 0 Å². The molecule has 0 aliphatic heterocycles. The molecule has 0 aromatic rings. The van der Waals surface area contributed by atoms with Crippen molar-refractivity contribution in [2.75, 3.05) is 6.61 Å². The smallest absolute Gasteiger partial charge is 0.140 e. The number of aliphatic hydroxyl groups excluding tert-OH is 1. The molecule has 0 spiro atoms. The molecule has 0 aromatic carbocycles. The summed E-state index contributed by atoms with van der Waals surface area (Å²) in [5, 5.41) is 9.20. The van der Waals surface area contributed by atoms with Crippen LogP contribution in [0.4, 0.5) is 4.39 Å². The lowest BCUT2D eigenvalue weighted by atomic mass is 10.0. The summed E-state index contributed by atoms with van der Waals surface area (Å²) in [6.07, 6.45) is 3.45. The van der Waals surface area contributed by atoms with Crippen LogP contribution in [0.15, 0.2) is 37.2 Å². The Morgan fingerprint density at radius 2 is 2.46 bits per heavy atom. The second-order valence-corrected chi connectivity index (χ2v) is 2.98. The van der Waals surface area contributed by atoms with E-state index < -0.39 is 17.5 Å². The minimum absolute atomic E-state index is 0.191. The lowest BCUT2D eigenvalue weighted by Crippen LogP contribution is -2.30. The van der Waals surface area contributed by atoms with E-state index in [0.717, 1.165) is 6.08 Å². The molecule has 3 heteroatoms. The minimum atomic E-state index is -1.15. The monoisotopic (exact) mass is 184 g/mol. The highest BCUT2D eigenvalue weighted by Gasteiger charge is 2.40. The molecule has 1 aliphatic carbocycles. The van der Waals surface area contributed by atoms with E-state index in [2.05, 4.69) is 13.2 Å². The molecule has 2 atom stereocenters. The zero-order valence-electron chi connectivity index (χ0n) is 7.37. The van der Waals surface area contributed by atoms with Gasteiger partial charge in [0.15, 0.2) is 0 Å². The number of ether oxygens (including phenoxy) is 1. The van der Waals surface area contributed by atoms with E-state index in [0.29, 0.717) is 0 Å². The summed E-state index contributed by atoms with van der Waals surface area (Å²) in [6.45, 7) is 7.20. The van der Waals surface area contributed by atoms with Crippen LogP contribution in [0.2, 0.25) is 0 Å². The molecule has 1 aliphatic rings. The van der Waals surface area contributed by atoms with Crippen LogP contribution >= 0.6 is 0 Å². The van der Waals surface area contributed by atoms with Gasteiger partial charge in [0.05, 0.1) is 12.7 Å². The zero-order valence-corrected chi connectivity index (χ0v) is 7.37. The highest BCUT2D eigenvalue weighted by Crippen LogP contribution is 2.36. The summed E-state index contributed by atoms with van der Waals surface area (Å²) in [4.78, 5) is 0. The fourth-order valence-electron chi connectivity index (χ4n) is 1.35. The third-order valence-electron chi connectivity index (χ3n) is 2.04. The van der Waals surface area contributed by atoms with Crippen LogP contribution in [0, 0.1) is 0 Å². The third-order valence-corrected chi connectivity index (χ3v) is 2.04. The van der Waals surface area contributed by atoms with Crippen LogP contribution in [0.1, 0.15) is 6.42 Å². The molecule has 72 valence electrons. The number of halogens is 1. The maximum atomic E-state index is 13.3. The summed E-state index contributed by atoms with van der Waals surface area (Å²) >= 11 is 0. The van der Waals surface area contributed by atoms with Crippen molar-refractivity contribution >= 4 is 0 Å². The van der Waals surface area contributed by atoms with Gasteiger partial charge < -0.3 is 9.84 Å². The van der Waals surface area contributed by atoms with Crippen LogP contribution in [0.25, 0.3) is 0 Å². The fourth-order valence-corrected chi connectivity index (χ4v) is 1.35. The van der Waals surface area contributed by atoms with Gasteiger partial charge in [0.2, 0.25) is 0 Å². The van der Waals surface area contributed by atoms with Crippen molar-refractivity contribution in [2.45, 2.75) is 18.1 Å². The Morgan fingerprint density at radius 3 is 2.85 bits per heavy atom. The molecule has 0 saturated carbocycles. The van der Waals surface area contributed by atoms with Crippen molar-refractivity contribution in [3.8, 4) is 0 Å². The molecular formula is C10H13FO2. The van der Waals surface area contributed by atoms with Crippen LogP contribution in [0.5, 0.6) is 0 Å². The van der Waals surface area contributed by atoms with Gasteiger partial charge >= 0.3 is 0 Å². The predicted octanol–water partition coefficient (Wildman–Crippen LogP) is 1.73. The van der Waals surface area contributed by atoms with E-state index in [4.69, 9.17) is 4.74 Å². The van der Waals surface area contributed by atoms with Gasteiger partial charge in [0.25, 0.3) is 0 Å². The second kappa shape index (κ2) is 3.85. The van der Waals surface area contributed by atoms with Crippen LogP contribution in [-0.4, -0.2) is 23.4 Å². The van der Waals surface area contributed by atoms with Crippen molar-refractivity contribution in [1.82, 2.24) is 0 Å². The summed E-state index contributed by atoms with van der Waals surface area (Å²) in [7, 11) is 0. The van der Waals surface area contributed by atoms with Gasteiger partial charge in [-0.05, 0) is 6.08 Å². The Kier molecular flexibility index (Phi) is 3.01. The maximum Gasteiger partial charge on any atom is 0.140 e. The first-order valence-electron chi connectivity index (χ1n) is 4.09. The second-order valence-electron chi connectivity index (χ2n) is 2.98. The van der Waals surface area contributed by atoms with Gasteiger partial charge in [-0.15, -0.1) is 6.58 Å². The van der Waals surface area contributed by atoms with Crippen LogP contribution in [0.3, 0.4) is 0 Å². The number of rotatable bonds is 4. The minimum Gasteiger partial charge on any atom is -0.389 e. The molecule has 0 aromatic heterocycles. The first-order valence-corrected chi connectivity index (χ1v) is 4.09. The van der Waals surface area contributed by atoms with Gasteiger partial charge in [0, 0.05) is 6.42 Å². The molecule has 0 amide bonds. The SMILES string of the molecule is C=CCO[C@@]1(C=C)CC(O)C=C1F. The van der Waals surface area contributed by atoms with E-state index in [1.165, 1.54) is 12.2 Å². The normalized spacial score (nSPS) is 32.8. The highest BCUT2D eigenvalue weighted by molar-refractivity contribution is 5.27. The van der Waals surface area contributed by atoms with Gasteiger partial charge in [-0.2, -0.15) is 0 Å². The molecule has 13 heavy (non-hydrogen) atoms. The molecule has 0 fully saturated rings. The maximum absolute atomic E-state index is 13.3. The molecule has 0 saturated heterocycles. The summed E-state index contributed by atoms with van der Waals surface area (Å²) in [5.74, 6) is -0.475. The molecule has 1 rings (SSSR count). The average Bonchev–Trinajstić information content (AvgIpc) is 2.38. The third kappa shape index (κ3) is 1.87. The van der Waals surface area contributed by atoms with Gasteiger partial charge in [-0.3, -0.25) is 0 Å². The van der Waals surface area contributed by atoms with E-state index >= 15 is 0 Å². The topological polar surface area (TPSA) is 29.5 Å². The van der Waals surface area contributed by atoms with Crippen molar-refractivity contribution in [3.63, 3.8) is 0 Å². The molecular weight excluding hydrogens is 171 g/mol. The molecule has 0 radical (unpaired) electrons. The fraction of sp³-hybridized carbons (Fsp3) is 0.400. The largest absolute Gasteiger partial charge is 0.389 e. The predicted molar refractivity (Wildman–Crippen MR) is 48.9 cm³/mol.